The summed E-state index contributed by atoms with van der Waals surface area (Å²) in [6, 6.07) is 22.7. The third kappa shape index (κ3) is 18.5. The number of rotatable bonds is 14. The highest BCUT2D eigenvalue weighted by Gasteiger charge is 2.35. The van der Waals surface area contributed by atoms with Crippen molar-refractivity contribution in [2.75, 3.05) is 0 Å². The maximum Gasteiger partial charge on any atom is 0.416 e. The van der Waals surface area contributed by atoms with E-state index in [2.05, 4.69) is 20.7 Å². The van der Waals surface area contributed by atoms with E-state index >= 15 is 0 Å². The van der Waals surface area contributed by atoms with Gasteiger partial charge in [0.15, 0.2) is 28.8 Å². The minimum atomic E-state index is -4.74. The van der Waals surface area contributed by atoms with Gasteiger partial charge in [0, 0.05) is 60.6 Å². The predicted molar refractivity (Wildman–Crippen MR) is 293 cm³/mol. The van der Waals surface area contributed by atoms with E-state index < -0.39 is 82.6 Å². The van der Waals surface area contributed by atoms with Gasteiger partial charge in [0.25, 0.3) is 17.7 Å². The zero-order valence-corrected chi connectivity index (χ0v) is 45.6. The Balaban J connectivity index is 0.000000189. The van der Waals surface area contributed by atoms with E-state index in [-0.39, 0.29) is 87.6 Å². The zero-order chi connectivity index (χ0) is 64.1. The molecule has 0 saturated carbocycles. The van der Waals surface area contributed by atoms with Gasteiger partial charge >= 0.3 is 25.1 Å². The minimum Gasteiger partial charge on any atom is -0.457 e. The zero-order valence-electron chi connectivity index (χ0n) is 45.6. The molecule has 0 aromatic heterocycles. The molecule has 0 spiro atoms. The molecule has 0 atom stereocenters. The van der Waals surface area contributed by atoms with Gasteiger partial charge < -0.3 is 34.9 Å². The van der Waals surface area contributed by atoms with Crippen LogP contribution in [-0.2, 0) is 32.9 Å². The van der Waals surface area contributed by atoms with Gasteiger partial charge in [-0.05, 0) is 123 Å². The second-order valence-electron chi connectivity index (χ2n) is 18.9. The summed E-state index contributed by atoms with van der Waals surface area (Å²) in [4.78, 5) is 72.2. The topological polar surface area (TPSA) is 175 Å². The fraction of sp³-hybridized carbons (Fsp3) is 0.143. The largest absolute Gasteiger partial charge is 0.457 e. The summed E-state index contributed by atoms with van der Waals surface area (Å²) in [5.41, 5.74) is -1.76. The van der Waals surface area contributed by atoms with Gasteiger partial charge in [-0.15, -0.1) is 0 Å². The Bertz CT molecular complexity index is 3860. The number of carbonyl (C=O) groups is 6. The number of halogens is 12. The van der Waals surface area contributed by atoms with E-state index in [9.17, 15) is 81.5 Å². The summed E-state index contributed by atoms with van der Waals surface area (Å²) < 4.78 is 178. The second-order valence-corrected chi connectivity index (χ2v) is 18.9. The fourth-order valence-corrected chi connectivity index (χ4v) is 7.83. The summed E-state index contributed by atoms with van der Waals surface area (Å²) in [6.45, 7) is 0.186. The van der Waals surface area contributed by atoms with E-state index in [1.54, 1.807) is 42.5 Å². The lowest BCUT2D eigenvalue weighted by molar-refractivity contribution is -0.138. The number of benzene rings is 6. The van der Waals surface area contributed by atoms with Crippen molar-refractivity contribution in [2.24, 2.45) is 0 Å². The van der Waals surface area contributed by atoms with Crippen LogP contribution in [0, 0.1) is 19.7 Å². The molecule has 6 aromatic rings. The molecule has 0 unspecified atom stereocenters. The summed E-state index contributed by atoms with van der Waals surface area (Å²) in [5.74, 6) is -5.25. The number of hydrogen-bond acceptors (Lipinski definition) is 10. The summed E-state index contributed by atoms with van der Waals surface area (Å²) in [7, 11) is 0. The number of ether oxygens (including phenoxy) is 4. The van der Waals surface area contributed by atoms with Crippen molar-refractivity contribution in [3.8, 4) is 40.2 Å². The van der Waals surface area contributed by atoms with Gasteiger partial charge in [0.1, 0.15) is 34.6 Å². The van der Waals surface area contributed by atoms with Crippen LogP contribution in [0.25, 0.3) is 0 Å². The molecule has 3 N–H and O–H groups in total. The Labute approximate surface area is 491 Å². The summed E-state index contributed by atoms with van der Waals surface area (Å²) >= 11 is 0. The molecule has 9 rings (SSSR count). The molecule has 456 valence electrons. The van der Waals surface area contributed by atoms with Crippen molar-refractivity contribution in [3.63, 3.8) is 0 Å². The van der Waals surface area contributed by atoms with E-state index in [0.29, 0.717) is 29.5 Å². The Morgan fingerprint density at radius 2 is 0.807 bits per heavy atom. The van der Waals surface area contributed by atoms with Crippen molar-refractivity contribution >= 4 is 35.1 Å². The van der Waals surface area contributed by atoms with Crippen molar-refractivity contribution in [1.29, 1.82) is 0 Å². The van der Waals surface area contributed by atoms with Crippen molar-refractivity contribution in [2.45, 2.75) is 58.3 Å². The maximum atomic E-state index is 13.8. The predicted octanol–water partition coefficient (Wildman–Crippen LogP) is 15.3. The molecule has 6 aromatic carbocycles. The number of para-hydroxylation sites is 2. The third-order valence-corrected chi connectivity index (χ3v) is 12.1. The lowest BCUT2D eigenvalue weighted by atomic mass is 10.1. The average molecular weight is 1230 g/mol. The molecular weight excluding hydrogens is 1190 g/mol. The maximum absolute atomic E-state index is 13.8. The Hall–Kier alpha value is -10.5. The highest BCUT2D eigenvalue weighted by molar-refractivity contribution is 6.02. The first-order valence-corrected chi connectivity index (χ1v) is 25.7. The molecular formula is C63H45F12N3O10. The molecule has 3 aliphatic rings. The molecule has 88 heavy (non-hydrogen) atoms. The molecule has 13 nitrogen and oxygen atoms in total. The minimum absolute atomic E-state index is 0.0616. The van der Waals surface area contributed by atoms with Crippen LogP contribution < -0.4 is 34.9 Å². The molecule has 3 amide bonds. The molecule has 0 saturated heterocycles. The average Bonchev–Trinajstić information content (AvgIpc) is 2.78. The number of allylic oxidation sites excluding steroid dienone is 9. The van der Waals surface area contributed by atoms with Crippen LogP contribution in [0.15, 0.2) is 193 Å². The molecule has 25 heteroatoms. The van der Waals surface area contributed by atoms with Crippen LogP contribution in [0.1, 0.15) is 78.2 Å². The normalized spacial score (nSPS) is 13.8. The van der Waals surface area contributed by atoms with Crippen LogP contribution in [0.5, 0.6) is 40.2 Å². The first-order valence-electron chi connectivity index (χ1n) is 25.7. The molecule has 0 aliphatic heterocycles. The first kappa shape index (κ1) is 65.1. The number of ketones is 3. The van der Waals surface area contributed by atoms with Crippen molar-refractivity contribution < 1.29 is 100 Å². The number of hydrogen-bond donors (Lipinski definition) is 3. The first-order chi connectivity index (χ1) is 41.5. The number of alkyl halides is 11. The van der Waals surface area contributed by atoms with Crippen molar-refractivity contribution in [1.82, 2.24) is 16.0 Å². The highest BCUT2D eigenvalue weighted by atomic mass is 19.4. The van der Waals surface area contributed by atoms with Crippen LogP contribution in [-0.4, -0.2) is 41.7 Å². The summed E-state index contributed by atoms with van der Waals surface area (Å²) in [5, 5.41) is 7.36. The number of aryl methyl sites for hydroxylation is 2. The lowest BCUT2D eigenvalue weighted by Gasteiger charge is -2.17. The van der Waals surface area contributed by atoms with Crippen molar-refractivity contribution in [3.05, 3.63) is 243 Å². The number of amides is 3. The molecule has 0 heterocycles. The van der Waals surface area contributed by atoms with Gasteiger partial charge in [-0.1, -0.05) is 54.1 Å². The molecule has 0 radical (unpaired) electrons. The quantitative estimate of drug-likeness (QED) is 0.0890. The van der Waals surface area contributed by atoms with E-state index in [0.717, 1.165) is 54.1 Å². The smallest absolute Gasteiger partial charge is 0.416 e. The van der Waals surface area contributed by atoms with Crippen LogP contribution in [0.2, 0.25) is 0 Å². The van der Waals surface area contributed by atoms with E-state index in [1.165, 1.54) is 73.7 Å². The molecule has 0 bridgehead atoms. The van der Waals surface area contributed by atoms with Crippen LogP contribution in [0.4, 0.5) is 52.7 Å². The standard InChI is InChI=1S/C21H14F5NO4.C21H15F4NO3.C21H16F3NO3/c22-20(23)31-17-7-2-1-6-16(17)30-18-10-12(21(24,25)26)8-9-15(18)19(29)27-13-4-3-5-14(28)11-13;1-12-5-7-16(11-18(12)22)29-19-9-13(21(23,24)25)6-8-17(19)20(28)26-14-3-2-4-15(27)10-14;1-13-5-8-17(9-6-13)28-19-11-14(21(22,23)24)7-10-18(19)20(27)25-15-3-2-4-16(26)12-15/h1-4,6-11,20H,5H2,(H,27,29);2-3,5-11H,4H2,1H3,(H,26,28);2-3,5-12H,4H2,1H3,(H,25,27). The molecule has 0 fully saturated rings. The number of nitrogens with one attached hydrogen (secondary N) is 3. The van der Waals surface area contributed by atoms with Gasteiger partial charge in [-0.3, -0.25) is 28.8 Å². The summed E-state index contributed by atoms with van der Waals surface area (Å²) in [6.07, 6.45) is -0.524. The Morgan fingerprint density at radius 1 is 0.443 bits per heavy atom. The van der Waals surface area contributed by atoms with Crippen LogP contribution >= 0.6 is 0 Å². The third-order valence-electron chi connectivity index (χ3n) is 12.1. The van der Waals surface area contributed by atoms with Gasteiger partial charge in [0.2, 0.25) is 0 Å². The van der Waals surface area contributed by atoms with Crippen LogP contribution in [0.3, 0.4) is 0 Å². The second kappa shape index (κ2) is 28.2. The molecule has 3 aliphatic carbocycles. The van der Waals surface area contributed by atoms with E-state index in [1.807, 2.05) is 6.92 Å². The number of carbonyl (C=O) groups excluding carboxylic acids is 6. The van der Waals surface area contributed by atoms with Gasteiger partial charge in [0.05, 0.1) is 33.4 Å². The highest BCUT2D eigenvalue weighted by Crippen LogP contribution is 2.40. The van der Waals surface area contributed by atoms with Gasteiger partial charge in [-0.2, -0.15) is 48.3 Å². The Morgan fingerprint density at radius 3 is 1.17 bits per heavy atom. The van der Waals surface area contributed by atoms with E-state index in [4.69, 9.17) is 14.2 Å². The SMILES string of the molecule is Cc1ccc(Oc2cc(C(F)(F)F)ccc2C(=O)NC2=CC(=O)CC=C2)cc1.Cc1ccc(Oc2cc(C(F)(F)F)ccc2C(=O)NC2=CC(=O)CC=C2)cc1F.O=C1C=C(NC(=O)c2ccc(C(F)(F)F)cc2Oc2ccccc2OC(F)F)C=CC1. The fourth-order valence-electron chi connectivity index (χ4n) is 7.83. The van der Waals surface area contributed by atoms with Gasteiger partial charge in [-0.25, -0.2) is 4.39 Å². The lowest BCUT2D eigenvalue weighted by Crippen LogP contribution is -2.24. The monoisotopic (exact) mass is 1230 g/mol. The Kier molecular flexibility index (Phi) is 20.8.